The Morgan fingerprint density at radius 1 is 1.21 bits per heavy atom. The summed E-state index contributed by atoms with van der Waals surface area (Å²) in [7, 11) is 0. The molecular weight excluding hydrogens is 311 g/mol. The SMILES string of the molecule is CC(O)c1cc(F)ccc1OCc1ccc(Br)cc1. The van der Waals surface area contributed by atoms with Gasteiger partial charge in [0.05, 0.1) is 6.10 Å². The van der Waals surface area contributed by atoms with Crippen LogP contribution in [0.4, 0.5) is 4.39 Å². The highest BCUT2D eigenvalue weighted by Crippen LogP contribution is 2.26. The minimum absolute atomic E-state index is 0.374. The van der Waals surface area contributed by atoms with Gasteiger partial charge in [-0.15, -0.1) is 0 Å². The third-order valence-corrected chi connectivity index (χ3v) is 3.26. The Hall–Kier alpha value is -1.39. The third-order valence-electron chi connectivity index (χ3n) is 2.73. The topological polar surface area (TPSA) is 29.5 Å². The van der Waals surface area contributed by atoms with E-state index < -0.39 is 6.10 Å². The first-order valence-electron chi connectivity index (χ1n) is 5.91. The summed E-state index contributed by atoms with van der Waals surface area (Å²) in [4.78, 5) is 0. The van der Waals surface area contributed by atoms with Gasteiger partial charge in [0.1, 0.15) is 18.2 Å². The molecule has 2 nitrogen and oxygen atoms in total. The first kappa shape index (κ1) is 14.0. The molecule has 0 aliphatic heterocycles. The number of halogens is 2. The number of aliphatic hydroxyl groups is 1. The number of benzene rings is 2. The summed E-state index contributed by atoms with van der Waals surface area (Å²) >= 11 is 3.36. The lowest BCUT2D eigenvalue weighted by Gasteiger charge is -2.13. The summed E-state index contributed by atoms with van der Waals surface area (Å²) in [5.74, 6) is 0.117. The van der Waals surface area contributed by atoms with Crippen LogP contribution >= 0.6 is 15.9 Å². The normalized spacial score (nSPS) is 12.2. The van der Waals surface area contributed by atoms with Crippen LogP contribution in [-0.2, 0) is 6.61 Å². The summed E-state index contributed by atoms with van der Waals surface area (Å²) in [6.07, 6.45) is -0.768. The maximum absolute atomic E-state index is 13.1. The largest absolute Gasteiger partial charge is 0.489 e. The van der Waals surface area contributed by atoms with Gasteiger partial charge in [-0.2, -0.15) is 0 Å². The van der Waals surface area contributed by atoms with E-state index in [9.17, 15) is 9.50 Å². The van der Waals surface area contributed by atoms with E-state index in [1.807, 2.05) is 24.3 Å². The second-order valence-corrected chi connectivity index (χ2v) is 5.19. The van der Waals surface area contributed by atoms with Crippen molar-refractivity contribution in [3.63, 3.8) is 0 Å². The number of hydrogen-bond donors (Lipinski definition) is 1. The Bertz CT molecular complexity index is 553. The highest BCUT2D eigenvalue weighted by molar-refractivity contribution is 9.10. The van der Waals surface area contributed by atoms with Crippen LogP contribution in [0.15, 0.2) is 46.9 Å². The van der Waals surface area contributed by atoms with Crippen LogP contribution in [0.3, 0.4) is 0 Å². The summed E-state index contributed by atoms with van der Waals surface area (Å²) in [6, 6.07) is 11.9. The number of hydrogen-bond acceptors (Lipinski definition) is 2. The highest BCUT2D eigenvalue weighted by atomic mass is 79.9. The molecule has 0 saturated carbocycles. The van der Waals surface area contributed by atoms with Gasteiger partial charge in [0.25, 0.3) is 0 Å². The van der Waals surface area contributed by atoms with Crippen molar-refractivity contribution in [2.75, 3.05) is 0 Å². The lowest BCUT2D eigenvalue weighted by molar-refractivity contribution is 0.189. The zero-order chi connectivity index (χ0) is 13.8. The Balaban J connectivity index is 2.13. The van der Waals surface area contributed by atoms with Crippen LogP contribution in [0, 0.1) is 5.82 Å². The molecule has 0 fully saturated rings. The summed E-state index contributed by atoms with van der Waals surface area (Å²) < 4.78 is 19.8. The van der Waals surface area contributed by atoms with E-state index in [4.69, 9.17) is 4.74 Å². The molecule has 0 radical (unpaired) electrons. The van der Waals surface area contributed by atoms with Gasteiger partial charge in [0.15, 0.2) is 0 Å². The average molecular weight is 325 g/mol. The van der Waals surface area contributed by atoms with E-state index in [2.05, 4.69) is 15.9 Å². The first-order valence-corrected chi connectivity index (χ1v) is 6.70. The van der Waals surface area contributed by atoms with Crippen LogP contribution in [0.2, 0.25) is 0 Å². The molecule has 1 unspecified atom stereocenters. The quantitative estimate of drug-likeness (QED) is 0.912. The average Bonchev–Trinajstić information content (AvgIpc) is 2.39. The van der Waals surface area contributed by atoms with E-state index in [1.165, 1.54) is 18.2 Å². The Labute approximate surface area is 120 Å². The molecule has 0 aliphatic rings. The van der Waals surface area contributed by atoms with Crippen molar-refractivity contribution in [3.05, 3.63) is 63.9 Å². The van der Waals surface area contributed by atoms with Crippen LogP contribution in [0.5, 0.6) is 5.75 Å². The van der Waals surface area contributed by atoms with E-state index in [0.717, 1.165) is 10.0 Å². The van der Waals surface area contributed by atoms with Gasteiger partial charge < -0.3 is 9.84 Å². The van der Waals surface area contributed by atoms with Gasteiger partial charge in [0, 0.05) is 10.0 Å². The smallest absolute Gasteiger partial charge is 0.125 e. The predicted octanol–water partition coefficient (Wildman–Crippen LogP) is 4.22. The van der Waals surface area contributed by atoms with Crippen molar-refractivity contribution in [2.45, 2.75) is 19.6 Å². The molecule has 19 heavy (non-hydrogen) atoms. The minimum Gasteiger partial charge on any atom is -0.489 e. The molecule has 0 amide bonds. The fourth-order valence-electron chi connectivity index (χ4n) is 1.72. The van der Waals surface area contributed by atoms with Gasteiger partial charge in [-0.05, 0) is 42.8 Å². The van der Waals surface area contributed by atoms with Gasteiger partial charge in [0.2, 0.25) is 0 Å². The molecule has 2 rings (SSSR count). The number of rotatable bonds is 4. The maximum Gasteiger partial charge on any atom is 0.125 e. The van der Waals surface area contributed by atoms with Crippen LogP contribution < -0.4 is 4.74 Å². The standard InChI is InChI=1S/C15H14BrFO2/c1-10(18)14-8-13(17)6-7-15(14)19-9-11-2-4-12(16)5-3-11/h2-8,10,18H,9H2,1H3. The molecule has 2 aromatic rings. The van der Waals surface area contributed by atoms with Crippen molar-refractivity contribution in [2.24, 2.45) is 0 Å². The number of aliphatic hydroxyl groups excluding tert-OH is 1. The minimum atomic E-state index is -0.768. The summed E-state index contributed by atoms with van der Waals surface area (Å²) in [6.45, 7) is 1.96. The Morgan fingerprint density at radius 2 is 1.89 bits per heavy atom. The lowest BCUT2D eigenvalue weighted by atomic mass is 10.1. The third kappa shape index (κ3) is 3.78. The van der Waals surface area contributed by atoms with Gasteiger partial charge in [-0.25, -0.2) is 4.39 Å². The molecule has 0 saturated heterocycles. The maximum atomic E-state index is 13.1. The van der Waals surface area contributed by atoms with Crippen molar-refractivity contribution in [3.8, 4) is 5.75 Å². The molecule has 0 heterocycles. The summed E-state index contributed by atoms with van der Waals surface area (Å²) in [5.41, 5.74) is 1.46. The molecular formula is C15H14BrFO2. The van der Waals surface area contributed by atoms with Crippen LogP contribution in [0.25, 0.3) is 0 Å². The molecule has 1 atom stereocenters. The molecule has 100 valence electrons. The zero-order valence-electron chi connectivity index (χ0n) is 10.4. The molecule has 0 bridgehead atoms. The molecule has 0 aromatic heterocycles. The Kier molecular flexibility index (Phi) is 4.56. The van der Waals surface area contributed by atoms with Gasteiger partial charge >= 0.3 is 0 Å². The molecule has 4 heteroatoms. The van der Waals surface area contributed by atoms with E-state index in [1.54, 1.807) is 6.92 Å². The number of ether oxygens (including phenoxy) is 1. The van der Waals surface area contributed by atoms with Crippen molar-refractivity contribution >= 4 is 15.9 Å². The van der Waals surface area contributed by atoms with E-state index in [0.29, 0.717) is 17.9 Å². The van der Waals surface area contributed by atoms with Gasteiger partial charge in [-0.3, -0.25) is 0 Å². The fraction of sp³-hybridized carbons (Fsp3) is 0.200. The second-order valence-electron chi connectivity index (χ2n) is 4.27. The molecule has 1 N–H and O–H groups in total. The Morgan fingerprint density at radius 3 is 2.53 bits per heavy atom. The van der Waals surface area contributed by atoms with Crippen molar-refractivity contribution in [1.29, 1.82) is 0 Å². The predicted molar refractivity (Wildman–Crippen MR) is 75.5 cm³/mol. The van der Waals surface area contributed by atoms with Crippen molar-refractivity contribution in [1.82, 2.24) is 0 Å². The highest BCUT2D eigenvalue weighted by Gasteiger charge is 2.10. The van der Waals surface area contributed by atoms with Crippen molar-refractivity contribution < 1.29 is 14.2 Å². The fourth-order valence-corrected chi connectivity index (χ4v) is 1.98. The van der Waals surface area contributed by atoms with E-state index >= 15 is 0 Å². The molecule has 2 aromatic carbocycles. The van der Waals surface area contributed by atoms with Crippen LogP contribution in [0.1, 0.15) is 24.2 Å². The van der Waals surface area contributed by atoms with Crippen LogP contribution in [-0.4, -0.2) is 5.11 Å². The zero-order valence-corrected chi connectivity index (χ0v) is 12.0. The molecule has 0 aliphatic carbocycles. The molecule has 0 spiro atoms. The monoisotopic (exact) mass is 324 g/mol. The first-order chi connectivity index (χ1) is 9.06. The lowest BCUT2D eigenvalue weighted by Crippen LogP contribution is -2.01. The second kappa shape index (κ2) is 6.17. The van der Waals surface area contributed by atoms with E-state index in [-0.39, 0.29) is 5.82 Å². The summed E-state index contributed by atoms with van der Waals surface area (Å²) in [5, 5.41) is 9.61. The van der Waals surface area contributed by atoms with Gasteiger partial charge in [-0.1, -0.05) is 28.1 Å².